The summed E-state index contributed by atoms with van der Waals surface area (Å²) >= 11 is 10.8. The molecule has 0 aromatic carbocycles. The maximum Gasteiger partial charge on any atom is 0.236 e. The zero-order chi connectivity index (χ0) is 11.2. The Morgan fingerprint density at radius 2 is 1.64 bits per heavy atom. The van der Waals surface area contributed by atoms with E-state index in [-0.39, 0.29) is 12.8 Å². The SMILES string of the molecule is C=CCCC(CC=C)(C(=O)Cl)C(=O)Cl. The van der Waals surface area contributed by atoms with Crippen LogP contribution in [0.25, 0.3) is 0 Å². The number of hydrogen-bond acceptors (Lipinski definition) is 2. The van der Waals surface area contributed by atoms with Crippen molar-refractivity contribution in [3.8, 4) is 0 Å². The fourth-order valence-corrected chi connectivity index (χ4v) is 1.69. The molecule has 0 saturated heterocycles. The Kier molecular flexibility index (Phi) is 5.73. The molecule has 0 aliphatic rings. The highest BCUT2D eigenvalue weighted by Gasteiger charge is 2.41. The van der Waals surface area contributed by atoms with Gasteiger partial charge in [-0.25, -0.2) is 0 Å². The third kappa shape index (κ3) is 2.96. The quantitative estimate of drug-likeness (QED) is 0.386. The van der Waals surface area contributed by atoms with Crippen molar-refractivity contribution in [3.05, 3.63) is 25.3 Å². The highest BCUT2D eigenvalue weighted by molar-refractivity contribution is 6.74. The van der Waals surface area contributed by atoms with Gasteiger partial charge < -0.3 is 0 Å². The van der Waals surface area contributed by atoms with Gasteiger partial charge in [-0.05, 0) is 42.5 Å². The van der Waals surface area contributed by atoms with Crippen LogP contribution in [0, 0.1) is 5.41 Å². The lowest BCUT2D eigenvalue weighted by molar-refractivity contribution is -0.131. The molecular weight excluding hydrogens is 223 g/mol. The summed E-state index contributed by atoms with van der Waals surface area (Å²) in [6, 6.07) is 0. The second kappa shape index (κ2) is 5.99. The van der Waals surface area contributed by atoms with Crippen molar-refractivity contribution in [2.75, 3.05) is 0 Å². The summed E-state index contributed by atoms with van der Waals surface area (Å²) in [7, 11) is 0. The molecule has 0 radical (unpaired) electrons. The van der Waals surface area contributed by atoms with Crippen LogP contribution in [0.3, 0.4) is 0 Å². The topological polar surface area (TPSA) is 34.1 Å². The molecular formula is C10H12Cl2O2. The maximum absolute atomic E-state index is 11.2. The van der Waals surface area contributed by atoms with Crippen molar-refractivity contribution < 1.29 is 9.59 Å². The molecule has 0 aromatic heterocycles. The predicted molar refractivity (Wildman–Crippen MR) is 58.4 cm³/mol. The van der Waals surface area contributed by atoms with Crippen LogP contribution in [0.15, 0.2) is 25.3 Å². The van der Waals surface area contributed by atoms with Gasteiger partial charge in [0.1, 0.15) is 5.41 Å². The van der Waals surface area contributed by atoms with Gasteiger partial charge in [-0.1, -0.05) is 12.2 Å². The van der Waals surface area contributed by atoms with E-state index in [2.05, 4.69) is 13.2 Å². The summed E-state index contributed by atoms with van der Waals surface area (Å²) in [6.45, 7) is 6.98. The third-order valence-electron chi connectivity index (χ3n) is 2.02. The molecule has 0 N–H and O–H groups in total. The summed E-state index contributed by atoms with van der Waals surface area (Å²) in [5, 5.41) is -1.47. The van der Waals surface area contributed by atoms with E-state index in [9.17, 15) is 9.59 Å². The highest BCUT2D eigenvalue weighted by atomic mass is 35.5. The lowest BCUT2D eigenvalue weighted by Gasteiger charge is -2.23. The van der Waals surface area contributed by atoms with Gasteiger partial charge in [0.15, 0.2) is 0 Å². The van der Waals surface area contributed by atoms with E-state index in [0.29, 0.717) is 6.42 Å². The lowest BCUT2D eigenvalue weighted by Crippen LogP contribution is -2.33. The third-order valence-corrected chi connectivity index (χ3v) is 2.74. The van der Waals surface area contributed by atoms with E-state index < -0.39 is 15.9 Å². The van der Waals surface area contributed by atoms with Gasteiger partial charge in [-0.15, -0.1) is 13.2 Å². The van der Waals surface area contributed by atoms with E-state index in [0.717, 1.165) is 0 Å². The summed E-state index contributed by atoms with van der Waals surface area (Å²) in [4.78, 5) is 22.4. The number of hydrogen-bond donors (Lipinski definition) is 0. The fraction of sp³-hybridized carbons (Fsp3) is 0.400. The first-order valence-electron chi connectivity index (χ1n) is 4.13. The summed E-state index contributed by atoms with van der Waals surface area (Å²) in [5.41, 5.74) is -1.33. The van der Waals surface area contributed by atoms with Crippen molar-refractivity contribution in [1.82, 2.24) is 0 Å². The van der Waals surface area contributed by atoms with Gasteiger partial charge in [-0.2, -0.15) is 0 Å². The second-order valence-corrected chi connectivity index (χ2v) is 3.64. The van der Waals surface area contributed by atoms with E-state index in [1.807, 2.05) is 0 Å². The van der Waals surface area contributed by atoms with Crippen molar-refractivity contribution in [2.24, 2.45) is 5.41 Å². The molecule has 78 valence electrons. The van der Waals surface area contributed by atoms with Crippen molar-refractivity contribution in [3.63, 3.8) is 0 Å². The molecule has 0 heterocycles. The minimum atomic E-state index is -1.33. The van der Waals surface area contributed by atoms with Crippen molar-refractivity contribution >= 4 is 33.7 Å². The largest absolute Gasteiger partial charge is 0.280 e. The van der Waals surface area contributed by atoms with Gasteiger partial charge >= 0.3 is 0 Å². The zero-order valence-corrected chi connectivity index (χ0v) is 9.27. The average Bonchev–Trinajstić information content (AvgIpc) is 2.11. The van der Waals surface area contributed by atoms with Crippen LogP contribution >= 0.6 is 23.2 Å². The maximum atomic E-state index is 11.2. The molecule has 0 atom stereocenters. The van der Waals surface area contributed by atoms with Crippen molar-refractivity contribution in [1.29, 1.82) is 0 Å². The zero-order valence-electron chi connectivity index (χ0n) is 7.76. The molecule has 0 fully saturated rings. The van der Waals surface area contributed by atoms with Gasteiger partial charge in [0.25, 0.3) is 0 Å². The highest BCUT2D eigenvalue weighted by Crippen LogP contribution is 2.34. The van der Waals surface area contributed by atoms with E-state index in [4.69, 9.17) is 23.2 Å². The average molecular weight is 235 g/mol. The van der Waals surface area contributed by atoms with Crippen LogP contribution in [-0.4, -0.2) is 10.5 Å². The minimum absolute atomic E-state index is 0.158. The molecule has 0 rings (SSSR count). The molecule has 0 aliphatic carbocycles. The van der Waals surface area contributed by atoms with E-state index in [1.165, 1.54) is 6.08 Å². The Hall–Kier alpha value is -0.600. The van der Waals surface area contributed by atoms with Crippen LogP contribution in [0.5, 0.6) is 0 Å². The van der Waals surface area contributed by atoms with Gasteiger partial charge in [0, 0.05) is 0 Å². The molecule has 0 aromatic rings. The monoisotopic (exact) mass is 234 g/mol. The Morgan fingerprint density at radius 1 is 1.14 bits per heavy atom. The summed E-state index contributed by atoms with van der Waals surface area (Å²) < 4.78 is 0. The minimum Gasteiger partial charge on any atom is -0.280 e. The van der Waals surface area contributed by atoms with Gasteiger partial charge in [0.2, 0.25) is 10.5 Å². The van der Waals surface area contributed by atoms with Crippen LogP contribution in [0.1, 0.15) is 19.3 Å². The first-order chi connectivity index (χ1) is 6.51. The summed E-state index contributed by atoms with van der Waals surface area (Å²) in [6.07, 6.45) is 4.00. The predicted octanol–water partition coefficient (Wildman–Crippen LogP) is 3.05. The molecule has 0 aliphatic heterocycles. The Balaban J connectivity index is 4.92. The molecule has 0 amide bonds. The number of halogens is 2. The molecule has 14 heavy (non-hydrogen) atoms. The molecule has 0 bridgehead atoms. The summed E-state index contributed by atoms with van der Waals surface area (Å²) in [5.74, 6) is 0. The number of allylic oxidation sites excluding steroid dienone is 2. The van der Waals surface area contributed by atoms with Crippen LogP contribution in [0.4, 0.5) is 0 Å². The smallest absolute Gasteiger partial charge is 0.236 e. The Morgan fingerprint density at radius 3 is 1.93 bits per heavy atom. The Labute approximate surface area is 93.6 Å². The normalized spacial score (nSPS) is 10.7. The molecule has 4 heteroatoms. The number of carbonyl (C=O) groups is 2. The van der Waals surface area contributed by atoms with Crippen molar-refractivity contribution in [2.45, 2.75) is 19.3 Å². The van der Waals surface area contributed by atoms with Gasteiger partial charge in [-0.3, -0.25) is 9.59 Å². The van der Waals surface area contributed by atoms with Crippen LogP contribution in [0.2, 0.25) is 0 Å². The number of rotatable bonds is 7. The first kappa shape index (κ1) is 13.4. The first-order valence-corrected chi connectivity index (χ1v) is 4.88. The van der Waals surface area contributed by atoms with E-state index >= 15 is 0 Å². The van der Waals surface area contributed by atoms with Crippen LogP contribution < -0.4 is 0 Å². The number of carbonyl (C=O) groups excluding carboxylic acids is 2. The second-order valence-electron chi connectivity index (χ2n) is 2.95. The fourth-order valence-electron chi connectivity index (χ4n) is 1.13. The molecule has 0 unspecified atom stereocenters. The molecule has 2 nitrogen and oxygen atoms in total. The van der Waals surface area contributed by atoms with Crippen LogP contribution in [-0.2, 0) is 9.59 Å². The Bertz CT molecular complexity index is 245. The standard InChI is InChI=1S/C10H12Cl2O2/c1-3-5-7-10(6-4-2,8(11)13)9(12)14/h3-4H,1-2,5-7H2. The van der Waals surface area contributed by atoms with E-state index in [1.54, 1.807) is 6.08 Å². The molecule has 0 saturated carbocycles. The lowest BCUT2D eigenvalue weighted by atomic mass is 9.82. The molecule has 0 spiro atoms. The van der Waals surface area contributed by atoms with Gasteiger partial charge in [0.05, 0.1) is 0 Å².